The first-order valence-electron chi connectivity index (χ1n) is 6.12. The molecular weight excluding hydrogens is 250 g/mol. The first-order chi connectivity index (χ1) is 8.52. The molecule has 1 fully saturated rings. The van der Waals surface area contributed by atoms with Crippen LogP contribution in [0.1, 0.15) is 19.8 Å². The number of pyridine rings is 1. The highest BCUT2D eigenvalue weighted by Gasteiger charge is 2.28. The Kier molecular flexibility index (Phi) is 3.99. The van der Waals surface area contributed by atoms with Crippen molar-refractivity contribution in [2.24, 2.45) is 5.41 Å². The Labute approximate surface area is 108 Å². The van der Waals surface area contributed by atoms with E-state index in [0.717, 1.165) is 25.9 Å². The van der Waals surface area contributed by atoms with Crippen molar-refractivity contribution in [3.8, 4) is 0 Å². The molecule has 0 saturated carbocycles. The van der Waals surface area contributed by atoms with Crippen LogP contribution in [0.4, 0.5) is 0 Å². The summed E-state index contributed by atoms with van der Waals surface area (Å²) in [6.07, 6.45) is 4.91. The molecule has 0 aliphatic carbocycles. The quantitative estimate of drug-likeness (QED) is 0.846. The molecule has 0 bridgehead atoms. The minimum atomic E-state index is -3.43. The highest BCUT2D eigenvalue weighted by atomic mass is 32.2. The van der Waals surface area contributed by atoms with Crippen molar-refractivity contribution < 1.29 is 8.42 Å². The summed E-state index contributed by atoms with van der Waals surface area (Å²) in [5.41, 5.74) is 0.0422. The van der Waals surface area contributed by atoms with Gasteiger partial charge in [0.1, 0.15) is 4.90 Å². The molecule has 5 nitrogen and oxygen atoms in total. The average molecular weight is 269 g/mol. The largest absolute Gasteiger partial charge is 0.317 e. The van der Waals surface area contributed by atoms with E-state index in [0.29, 0.717) is 6.54 Å². The predicted molar refractivity (Wildman–Crippen MR) is 69.6 cm³/mol. The third-order valence-electron chi connectivity index (χ3n) is 3.44. The molecule has 0 aromatic carbocycles. The third kappa shape index (κ3) is 3.28. The SMILES string of the molecule is CC1(CNS(=O)(=O)c2cccnc2)CCNCC1. The molecule has 2 N–H and O–H groups in total. The van der Waals surface area contributed by atoms with Crippen molar-refractivity contribution in [1.82, 2.24) is 15.0 Å². The molecule has 0 unspecified atom stereocenters. The molecule has 0 spiro atoms. The number of hydrogen-bond acceptors (Lipinski definition) is 4. The number of aromatic nitrogens is 1. The number of nitrogens with zero attached hydrogens (tertiary/aromatic N) is 1. The minimum Gasteiger partial charge on any atom is -0.317 e. The molecule has 0 radical (unpaired) electrons. The van der Waals surface area contributed by atoms with Crippen molar-refractivity contribution in [1.29, 1.82) is 0 Å². The fraction of sp³-hybridized carbons (Fsp3) is 0.583. The van der Waals surface area contributed by atoms with Crippen LogP contribution in [-0.2, 0) is 10.0 Å². The summed E-state index contributed by atoms with van der Waals surface area (Å²) in [6, 6.07) is 3.18. The number of piperidine rings is 1. The van der Waals surface area contributed by atoms with Crippen molar-refractivity contribution in [2.45, 2.75) is 24.7 Å². The van der Waals surface area contributed by atoms with E-state index >= 15 is 0 Å². The molecule has 2 rings (SSSR count). The van der Waals surface area contributed by atoms with E-state index in [1.54, 1.807) is 18.3 Å². The first-order valence-corrected chi connectivity index (χ1v) is 7.61. The molecule has 6 heteroatoms. The summed E-state index contributed by atoms with van der Waals surface area (Å²) in [6.45, 7) is 4.50. The van der Waals surface area contributed by atoms with Crippen molar-refractivity contribution >= 4 is 10.0 Å². The van der Waals surface area contributed by atoms with Gasteiger partial charge < -0.3 is 5.32 Å². The van der Waals surface area contributed by atoms with Crippen LogP contribution in [0.5, 0.6) is 0 Å². The number of nitrogens with one attached hydrogen (secondary N) is 2. The van der Waals surface area contributed by atoms with Gasteiger partial charge >= 0.3 is 0 Å². The maximum atomic E-state index is 12.1. The highest BCUT2D eigenvalue weighted by molar-refractivity contribution is 7.89. The van der Waals surface area contributed by atoms with Crippen molar-refractivity contribution in [3.63, 3.8) is 0 Å². The summed E-state index contributed by atoms with van der Waals surface area (Å²) in [5, 5.41) is 3.28. The molecule has 0 atom stereocenters. The van der Waals surface area contributed by atoms with Crippen LogP contribution in [0.2, 0.25) is 0 Å². The summed E-state index contributed by atoms with van der Waals surface area (Å²) in [5.74, 6) is 0. The van der Waals surface area contributed by atoms with E-state index in [4.69, 9.17) is 0 Å². The van der Waals surface area contributed by atoms with Crippen LogP contribution in [0.3, 0.4) is 0 Å². The van der Waals surface area contributed by atoms with E-state index < -0.39 is 10.0 Å². The molecule has 0 amide bonds. The summed E-state index contributed by atoms with van der Waals surface area (Å²) in [4.78, 5) is 4.06. The van der Waals surface area contributed by atoms with Crippen LogP contribution in [-0.4, -0.2) is 33.0 Å². The van der Waals surface area contributed by atoms with E-state index in [9.17, 15) is 8.42 Å². The van der Waals surface area contributed by atoms with E-state index in [1.165, 1.54) is 6.20 Å². The Morgan fingerprint density at radius 1 is 1.44 bits per heavy atom. The maximum Gasteiger partial charge on any atom is 0.242 e. The second-order valence-electron chi connectivity index (χ2n) is 5.07. The first kappa shape index (κ1) is 13.5. The lowest BCUT2D eigenvalue weighted by atomic mass is 9.81. The fourth-order valence-corrected chi connectivity index (χ4v) is 3.23. The predicted octanol–water partition coefficient (Wildman–Crippen LogP) is 0.750. The van der Waals surface area contributed by atoms with Gasteiger partial charge in [0.05, 0.1) is 0 Å². The van der Waals surface area contributed by atoms with Gasteiger partial charge in [-0.15, -0.1) is 0 Å². The Balaban J connectivity index is 2.01. The zero-order chi connectivity index (χ0) is 13.1. The second-order valence-corrected chi connectivity index (χ2v) is 6.84. The molecule has 1 saturated heterocycles. The zero-order valence-electron chi connectivity index (χ0n) is 10.5. The van der Waals surface area contributed by atoms with Gasteiger partial charge in [-0.25, -0.2) is 13.1 Å². The number of rotatable bonds is 4. The van der Waals surface area contributed by atoms with Crippen LogP contribution in [0.25, 0.3) is 0 Å². The Hall–Kier alpha value is -0.980. The van der Waals surface area contributed by atoms with Gasteiger partial charge in [-0.3, -0.25) is 4.98 Å². The van der Waals surface area contributed by atoms with Gasteiger partial charge in [-0.1, -0.05) is 6.92 Å². The van der Waals surface area contributed by atoms with Gasteiger partial charge in [-0.05, 0) is 43.5 Å². The van der Waals surface area contributed by atoms with Crippen molar-refractivity contribution in [2.75, 3.05) is 19.6 Å². The van der Waals surface area contributed by atoms with Crippen LogP contribution in [0.15, 0.2) is 29.4 Å². The van der Waals surface area contributed by atoms with E-state index in [1.807, 2.05) is 0 Å². The highest BCUT2D eigenvalue weighted by Crippen LogP contribution is 2.27. The number of hydrogen-bond donors (Lipinski definition) is 2. The van der Waals surface area contributed by atoms with Crippen LogP contribution < -0.4 is 10.0 Å². The van der Waals surface area contributed by atoms with Crippen LogP contribution in [0, 0.1) is 5.41 Å². The third-order valence-corrected chi connectivity index (χ3v) is 4.83. The van der Waals surface area contributed by atoms with Gasteiger partial charge in [0.15, 0.2) is 0 Å². The molecule has 1 aromatic heterocycles. The topological polar surface area (TPSA) is 71.1 Å². The maximum absolute atomic E-state index is 12.1. The Morgan fingerprint density at radius 3 is 2.78 bits per heavy atom. The summed E-state index contributed by atoms with van der Waals surface area (Å²) < 4.78 is 26.8. The van der Waals surface area contributed by atoms with Gasteiger partial charge in [0.2, 0.25) is 10.0 Å². The molecule has 100 valence electrons. The van der Waals surface area contributed by atoms with E-state index in [2.05, 4.69) is 21.9 Å². The lowest BCUT2D eigenvalue weighted by Gasteiger charge is -2.34. The molecule has 1 aliphatic heterocycles. The molecule has 1 aromatic rings. The zero-order valence-corrected chi connectivity index (χ0v) is 11.3. The Bertz CT molecular complexity index is 481. The molecular formula is C12H19N3O2S. The second kappa shape index (κ2) is 5.34. The summed E-state index contributed by atoms with van der Waals surface area (Å²) >= 11 is 0. The lowest BCUT2D eigenvalue weighted by molar-refractivity contribution is 0.232. The van der Waals surface area contributed by atoms with Crippen molar-refractivity contribution in [3.05, 3.63) is 24.5 Å². The van der Waals surface area contributed by atoms with E-state index in [-0.39, 0.29) is 10.3 Å². The monoisotopic (exact) mass is 269 g/mol. The fourth-order valence-electron chi connectivity index (χ4n) is 2.07. The number of sulfonamides is 1. The van der Waals surface area contributed by atoms with Gasteiger partial charge in [0.25, 0.3) is 0 Å². The normalized spacial score (nSPS) is 19.6. The standard InChI is InChI=1S/C12H19N3O2S/c1-12(4-7-13-8-5-12)10-15-18(16,17)11-3-2-6-14-9-11/h2-3,6,9,13,15H,4-5,7-8,10H2,1H3. The molecule has 1 aliphatic rings. The van der Waals surface area contributed by atoms with Crippen LogP contribution >= 0.6 is 0 Å². The average Bonchev–Trinajstić information content (AvgIpc) is 2.39. The lowest BCUT2D eigenvalue weighted by Crippen LogP contribution is -2.42. The molecule has 18 heavy (non-hydrogen) atoms. The molecule has 2 heterocycles. The van der Waals surface area contributed by atoms with Gasteiger partial charge in [0, 0.05) is 18.9 Å². The minimum absolute atomic E-state index is 0.0422. The summed E-state index contributed by atoms with van der Waals surface area (Å²) in [7, 11) is -3.43. The smallest absolute Gasteiger partial charge is 0.242 e. The Morgan fingerprint density at radius 2 is 2.17 bits per heavy atom. The van der Waals surface area contributed by atoms with Gasteiger partial charge in [-0.2, -0.15) is 0 Å².